The van der Waals surface area contributed by atoms with Crippen molar-refractivity contribution in [2.45, 2.75) is 25.7 Å². The van der Waals surface area contributed by atoms with E-state index in [1.54, 1.807) is 44.2 Å². The normalized spacial score (nSPS) is 11.4. The monoisotopic (exact) mass is 302 g/mol. The van der Waals surface area contributed by atoms with Gasteiger partial charge in [0.1, 0.15) is 5.75 Å². The molecular weight excluding hydrogens is 284 g/mol. The molecule has 3 nitrogen and oxygen atoms in total. The van der Waals surface area contributed by atoms with Crippen LogP contribution in [0.15, 0.2) is 47.4 Å². The average molecular weight is 302 g/mol. The zero-order chi connectivity index (χ0) is 15.6. The minimum Gasteiger partial charge on any atom is -0.293 e. The first-order valence-electron chi connectivity index (χ1n) is 6.70. The molecule has 2 rings (SSSR count). The van der Waals surface area contributed by atoms with Gasteiger partial charge in [-0.3, -0.25) is 4.79 Å². The third kappa shape index (κ3) is 3.39. The Hall–Kier alpha value is -1.94. The number of carbonyl (C=O) groups excluding carboxylic acids is 1. The number of aryl methyl sites for hydroxylation is 3. The Bertz CT molecular complexity index is 789. The van der Waals surface area contributed by atoms with Crippen LogP contribution in [0.3, 0.4) is 0 Å². The Morgan fingerprint density at radius 3 is 2.29 bits per heavy atom. The van der Waals surface area contributed by atoms with E-state index >= 15 is 0 Å². The first kappa shape index (κ1) is 15.4. The second-order valence-corrected chi connectivity index (χ2v) is 7.22. The Kier molecular flexibility index (Phi) is 4.28. The molecule has 2 aromatic rings. The van der Waals surface area contributed by atoms with Gasteiger partial charge in [-0.05, 0) is 43.5 Å². The van der Waals surface area contributed by atoms with Crippen molar-refractivity contribution in [3.8, 4) is 0 Å². The van der Waals surface area contributed by atoms with E-state index in [1.807, 2.05) is 19.1 Å². The highest BCUT2D eigenvalue weighted by molar-refractivity contribution is 7.92. The minimum atomic E-state index is -3.63. The summed E-state index contributed by atoms with van der Waals surface area (Å²) in [5, 5.41) is 0. The molecule has 0 aliphatic rings. The summed E-state index contributed by atoms with van der Waals surface area (Å²) in [6.07, 6.45) is 0. The van der Waals surface area contributed by atoms with Crippen LogP contribution in [0, 0.1) is 20.8 Å². The lowest BCUT2D eigenvalue weighted by Gasteiger charge is -2.09. The van der Waals surface area contributed by atoms with Crippen molar-refractivity contribution in [3.05, 3.63) is 64.7 Å². The number of rotatable bonds is 4. The van der Waals surface area contributed by atoms with Gasteiger partial charge in [0.15, 0.2) is 15.6 Å². The third-order valence-electron chi connectivity index (χ3n) is 3.45. The summed E-state index contributed by atoms with van der Waals surface area (Å²) < 4.78 is 25.0. The lowest BCUT2D eigenvalue weighted by atomic mass is 10.1. The first-order valence-corrected chi connectivity index (χ1v) is 8.35. The fourth-order valence-corrected chi connectivity index (χ4v) is 3.84. The summed E-state index contributed by atoms with van der Waals surface area (Å²) in [4.78, 5) is 12.5. The maximum atomic E-state index is 12.5. The highest BCUT2D eigenvalue weighted by Crippen LogP contribution is 2.20. The van der Waals surface area contributed by atoms with Gasteiger partial charge in [0.25, 0.3) is 0 Å². The molecular formula is C17H18O3S. The summed E-state index contributed by atoms with van der Waals surface area (Å²) in [5.74, 6) is -0.865. The van der Waals surface area contributed by atoms with Gasteiger partial charge in [0.2, 0.25) is 0 Å². The van der Waals surface area contributed by atoms with Crippen molar-refractivity contribution in [1.29, 1.82) is 0 Å². The quantitative estimate of drug-likeness (QED) is 0.815. The van der Waals surface area contributed by atoms with Crippen LogP contribution in [0.2, 0.25) is 0 Å². The van der Waals surface area contributed by atoms with Gasteiger partial charge in [-0.15, -0.1) is 0 Å². The molecule has 0 aromatic heterocycles. The molecule has 0 heterocycles. The molecule has 0 aliphatic carbocycles. The van der Waals surface area contributed by atoms with Crippen molar-refractivity contribution in [2.75, 3.05) is 5.75 Å². The van der Waals surface area contributed by atoms with Gasteiger partial charge >= 0.3 is 0 Å². The lowest BCUT2D eigenvalue weighted by molar-refractivity contribution is 0.102. The fourth-order valence-electron chi connectivity index (χ4n) is 2.26. The summed E-state index contributed by atoms with van der Waals surface area (Å²) in [6.45, 7) is 5.38. The van der Waals surface area contributed by atoms with Crippen molar-refractivity contribution in [3.63, 3.8) is 0 Å². The van der Waals surface area contributed by atoms with Crippen LogP contribution in [-0.2, 0) is 9.84 Å². The summed E-state index contributed by atoms with van der Waals surface area (Å²) in [7, 11) is -3.63. The number of hydrogen-bond donors (Lipinski definition) is 0. The van der Waals surface area contributed by atoms with Gasteiger partial charge in [0, 0.05) is 5.56 Å². The zero-order valence-corrected chi connectivity index (χ0v) is 13.2. The molecule has 110 valence electrons. The Balaban J connectivity index is 2.36. The molecule has 0 spiro atoms. The second-order valence-electron chi connectivity index (χ2n) is 5.27. The molecule has 0 aliphatic heterocycles. The SMILES string of the molecule is Cc1ccc(C)c(S(=O)(=O)CC(=O)c2ccccc2C)c1. The molecule has 0 saturated heterocycles. The van der Waals surface area contributed by atoms with Gasteiger partial charge in [-0.1, -0.05) is 36.4 Å². The van der Waals surface area contributed by atoms with Crippen LogP contribution < -0.4 is 0 Å². The van der Waals surface area contributed by atoms with Gasteiger partial charge in [-0.25, -0.2) is 8.42 Å². The highest BCUT2D eigenvalue weighted by Gasteiger charge is 2.23. The number of ketones is 1. The highest BCUT2D eigenvalue weighted by atomic mass is 32.2. The van der Waals surface area contributed by atoms with Gasteiger partial charge in [-0.2, -0.15) is 0 Å². The van der Waals surface area contributed by atoms with Crippen molar-refractivity contribution in [2.24, 2.45) is 0 Å². The first-order chi connectivity index (χ1) is 9.81. The number of hydrogen-bond acceptors (Lipinski definition) is 3. The van der Waals surface area contributed by atoms with E-state index in [-0.39, 0.29) is 10.7 Å². The zero-order valence-electron chi connectivity index (χ0n) is 12.4. The molecule has 0 saturated carbocycles. The summed E-state index contributed by atoms with van der Waals surface area (Å²) in [5.41, 5.74) is 2.78. The Morgan fingerprint density at radius 1 is 0.952 bits per heavy atom. The molecule has 0 unspecified atom stereocenters. The lowest BCUT2D eigenvalue weighted by Crippen LogP contribution is -2.18. The maximum Gasteiger partial charge on any atom is 0.186 e. The van der Waals surface area contributed by atoms with Gasteiger partial charge < -0.3 is 0 Å². The van der Waals surface area contributed by atoms with Crippen molar-refractivity contribution in [1.82, 2.24) is 0 Å². The minimum absolute atomic E-state index is 0.240. The van der Waals surface area contributed by atoms with Crippen LogP contribution in [-0.4, -0.2) is 20.0 Å². The Labute approximate surface area is 125 Å². The molecule has 21 heavy (non-hydrogen) atoms. The molecule has 2 aromatic carbocycles. The van der Waals surface area contributed by atoms with Crippen LogP contribution in [0.1, 0.15) is 27.0 Å². The third-order valence-corrected chi connectivity index (χ3v) is 5.20. The molecule has 0 N–H and O–H groups in total. The topological polar surface area (TPSA) is 51.2 Å². The van der Waals surface area contributed by atoms with E-state index in [0.717, 1.165) is 11.1 Å². The van der Waals surface area contributed by atoms with Crippen LogP contribution in [0.25, 0.3) is 0 Å². The van der Waals surface area contributed by atoms with E-state index in [1.165, 1.54) is 0 Å². The van der Waals surface area contributed by atoms with Gasteiger partial charge in [0.05, 0.1) is 4.90 Å². The average Bonchev–Trinajstić information content (AvgIpc) is 2.41. The molecule has 0 amide bonds. The second kappa shape index (κ2) is 5.82. The number of carbonyl (C=O) groups is 1. The summed E-state index contributed by atoms with van der Waals surface area (Å²) in [6, 6.07) is 12.3. The van der Waals surface area contributed by atoms with Crippen LogP contribution in [0.4, 0.5) is 0 Å². The fraction of sp³-hybridized carbons (Fsp3) is 0.235. The molecule has 0 bridgehead atoms. The van der Waals surface area contributed by atoms with E-state index in [4.69, 9.17) is 0 Å². The number of sulfone groups is 1. The standard InChI is InChI=1S/C17H18O3S/c1-12-8-9-14(3)17(10-12)21(19,20)11-16(18)15-7-5-4-6-13(15)2/h4-10H,11H2,1-3H3. The number of benzene rings is 2. The van der Waals surface area contributed by atoms with Crippen molar-refractivity contribution >= 4 is 15.6 Å². The maximum absolute atomic E-state index is 12.5. The van der Waals surface area contributed by atoms with E-state index in [0.29, 0.717) is 11.1 Å². The largest absolute Gasteiger partial charge is 0.293 e. The van der Waals surface area contributed by atoms with E-state index in [2.05, 4.69) is 0 Å². The number of Topliss-reactive ketones (excluding diaryl/α,β-unsaturated/α-hetero) is 1. The molecule has 0 fully saturated rings. The van der Waals surface area contributed by atoms with E-state index in [9.17, 15) is 13.2 Å². The molecule has 0 atom stereocenters. The van der Waals surface area contributed by atoms with Crippen molar-refractivity contribution < 1.29 is 13.2 Å². The van der Waals surface area contributed by atoms with Crippen LogP contribution >= 0.6 is 0 Å². The summed E-state index contributed by atoms with van der Waals surface area (Å²) >= 11 is 0. The molecule has 4 heteroatoms. The predicted molar refractivity (Wildman–Crippen MR) is 83.5 cm³/mol. The smallest absolute Gasteiger partial charge is 0.186 e. The molecule has 0 radical (unpaired) electrons. The van der Waals surface area contributed by atoms with E-state index < -0.39 is 15.6 Å². The van der Waals surface area contributed by atoms with Crippen LogP contribution in [0.5, 0.6) is 0 Å². The Morgan fingerprint density at radius 2 is 1.62 bits per heavy atom. The predicted octanol–water partition coefficient (Wildman–Crippen LogP) is 3.27.